The first-order chi connectivity index (χ1) is 10.9. The molecular formula is C14H9BrF7NS. The van der Waals surface area contributed by atoms with E-state index >= 15 is 0 Å². The molecule has 132 valence electrons. The lowest BCUT2D eigenvalue weighted by Gasteiger charge is -2.31. The molecule has 0 saturated carbocycles. The molecule has 0 amide bonds. The van der Waals surface area contributed by atoms with Gasteiger partial charge in [0.2, 0.25) is 0 Å². The Balaban J connectivity index is 2.75. The Morgan fingerprint density at radius 3 is 2.12 bits per heavy atom. The predicted molar refractivity (Wildman–Crippen MR) is 78.7 cm³/mol. The van der Waals surface area contributed by atoms with Crippen LogP contribution in [0, 0.1) is 6.92 Å². The van der Waals surface area contributed by atoms with Crippen LogP contribution in [0.2, 0.25) is 0 Å². The number of hydrogen-bond acceptors (Lipinski definition) is 2. The van der Waals surface area contributed by atoms with Gasteiger partial charge in [-0.25, -0.2) is 9.37 Å². The first-order valence-electron chi connectivity index (χ1n) is 6.39. The lowest BCUT2D eigenvalue weighted by atomic mass is 9.91. The quantitative estimate of drug-likeness (QED) is 0.419. The van der Waals surface area contributed by atoms with E-state index in [1.807, 2.05) is 0 Å². The summed E-state index contributed by atoms with van der Waals surface area (Å²) in [4.78, 5) is 3.72. The summed E-state index contributed by atoms with van der Waals surface area (Å²) in [6, 6.07) is 4.38. The van der Waals surface area contributed by atoms with Gasteiger partial charge in [-0.15, -0.1) is 11.3 Å². The van der Waals surface area contributed by atoms with E-state index in [-0.39, 0.29) is 16.6 Å². The molecule has 2 aromatic heterocycles. The fourth-order valence-corrected chi connectivity index (χ4v) is 3.42. The zero-order chi connectivity index (χ0) is 18.3. The van der Waals surface area contributed by atoms with Crippen LogP contribution in [-0.2, 0) is 12.1 Å². The molecule has 2 heterocycles. The fourth-order valence-electron chi connectivity index (χ4n) is 2.18. The second kappa shape index (κ2) is 6.29. The van der Waals surface area contributed by atoms with Gasteiger partial charge in [-0.05, 0) is 51.5 Å². The van der Waals surface area contributed by atoms with E-state index in [9.17, 15) is 30.7 Å². The standard InChI is InChI=1S/C14H9BrF7NS/c1-7-5-10(15)23-11(9(7)6-8-3-2-4-24-8)12(16,13(17,18)19)14(20,21)22/h2-5H,6H2,1H3. The molecule has 1 nitrogen and oxygen atoms in total. The minimum atomic E-state index is -6.20. The molecule has 0 aromatic carbocycles. The first kappa shape index (κ1) is 19.2. The molecule has 0 aliphatic rings. The Morgan fingerprint density at radius 1 is 1.08 bits per heavy atom. The number of pyridine rings is 1. The lowest BCUT2D eigenvalue weighted by Crippen LogP contribution is -2.51. The molecule has 0 spiro atoms. The van der Waals surface area contributed by atoms with Crippen LogP contribution in [0.3, 0.4) is 0 Å². The van der Waals surface area contributed by atoms with Crippen molar-refractivity contribution in [1.82, 2.24) is 4.98 Å². The molecule has 0 unspecified atom stereocenters. The van der Waals surface area contributed by atoms with Gasteiger partial charge in [-0.3, -0.25) is 0 Å². The minimum absolute atomic E-state index is 0.0794. The summed E-state index contributed by atoms with van der Waals surface area (Å²) >= 11 is 3.88. The molecule has 0 fully saturated rings. The monoisotopic (exact) mass is 435 g/mol. The van der Waals surface area contributed by atoms with Crippen molar-refractivity contribution < 1.29 is 30.7 Å². The van der Waals surface area contributed by atoms with Crippen molar-refractivity contribution in [3.63, 3.8) is 0 Å². The third kappa shape index (κ3) is 3.30. The summed E-state index contributed by atoms with van der Waals surface area (Å²) < 4.78 is 92.5. The first-order valence-corrected chi connectivity index (χ1v) is 8.06. The number of aromatic nitrogens is 1. The van der Waals surface area contributed by atoms with Crippen LogP contribution in [0.15, 0.2) is 28.2 Å². The molecule has 0 atom stereocenters. The summed E-state index contributed by atoms with van der Waals surface area (Å²) in [6.45, 7) is 1.31. The van der Waals surface area contributed by atoms with Gasteiger partial charge in [-0.2, -0.15) is 26.3 Å². The smallest absolute Gasteiger partial charge is 0.241 e. The number of halogens is 8. The highest BCUT2D eigenvalue weighted by molar-refractivity contribution is 9.10. The zero-order valence-electron chi connectivity index (χ0n) is 11.9. The van der Waals surface area contributed by atoms with E-state index < -0.39 is 29.3 Å². The maximum absolute atomic E-state index is 14.5. The molecule has 0 aliphatic heterocycles. The van der Waals surface area contributed by atoms with E-state index in [2.05, 4.69) is 20.9 Å². The van der Waals surface area contributed by atoms with Crippen molar-refractivity contribution in [2.24, 2.45) is 0 Å². The second-order valence-corrected chi connectivity index (χ2v) is 6.84. The third-order valence-corrected chi connectivity index (χ3v) is 4.64. The number of hydrogen-bond donors (Lipinski definition) is 0. The van der Waals surface area contributed by atoms with Crippen LogP contribution in [0.4, 0.5) is 30.7 Å². The lowest BCUT2D eigenvalue weighted by molar-refractivity contribution is -0.350. The Kier molecular flexibility index (Phi) is 5.02. The van der Waals surface area contributed by atoms with Gasteiger partial charge in [-0.1, -0.05) is 6.07 Å². The van der Waals surface area contributed by atoms with Crippen molar-refractivity contribution in [3.05, 3.63) is 49.9 Å². The Bertz CT molecular complexity index is 708. The van der Waals surface area contributed by atoms with Gasteiger partial charge >= 0.3 is 18.0 Å². The fraction of sp³-hybridized carbons (Fsp3) is 0.357. The van der Waals surface area contributed by atoms with Gasteiger partial charge < -0.3 is 0 Å². The summed E-state index contributed by atoms with van der Waals surface area (Å²) in [5.41, 5.74) is -7.59. The number of alkyl halides is 7. The van der Waals surface area contributed by atoms with E-state index in [1.165, 1.54) is 19.1 Å². The van der Waals surface area contributed by atoms with Gasteiger partial charge in [0, 0.05) is 11.3 Å². The normalized spacial score (nSPS) is 13.4. The average molecular weight is 436 g/mol. The van der Waals surface area contributed by atoms with Crippen LogP contribution >= 0.6 is 27.3 Å². The second-order valence-electron chi connectivity index (χ2n) is 5.00. The molecule has 2 aromatic rings. The molecular weight excluding hydrogens is 427 g/mol. The maximum Gasteiger partial charge on any atom is 0.437 e. The Labute approximate surface area is 144 Å². The molecule has 0 aliphatic carbocycles. The average Bonchev–Trinajstić information content (AvgIpc) is 2.91. The van der Waals surface area contributed by atoms with Crippen LogP contribution in [0.5, 0.6) is 0 Å². The van der Waals surface area contributed by atoms with Crippen molar-refractivity contribution in [2.75, 3.05) is 0 Å². The van der Waals surface area contributed by atoms with E-state index in [0.29, 0.717) is 4.88 Å². The van der Waals surface area contributed by atoms with Crippen LogP contribution < -0.4 is 0 Å². The molecule has 0 radical (unpaired) electrons. The van der Waals surface area contributed by atoms with E-state index in [1.54, 1.807) is 11.4 Å². The summed E-state index contributed by atoms with van der Waals surface area (Å²) in [5, 5.41) is 1.62. The van der Waals surface area contributed by atoms with Crippen molar-refractivity contribution in [3.8, 4) is 0 Å². The van der Waals surface area contributed by atoms with Crippen LogP contribution in [-0.4, -0.2) is 17.3 Å². The van der Waals surface area contributed by atoms with Gasteiger partial charge in [0.1, 0.15) is 10.3 Å². The Hall–Kier alpha value is -1.16. The molecule has 2 rings (SSSR count). The Morgan fingerprint density at radius 2 is 1.67 bits per heavy atom. The van der Waals surface area contributed by atoms with E-state index in [0.717, 1.165) is 11.3 Å². The summed E-state index contributed by atoms with van der Waals surface area (Å²) in [6.07, 6.45) is -12.7. The van der Waals surface area contributed by atoms with Gasteiger partial charge in [0.15, 0.2) is 0 Å². The van der Waals surface area contributed by atoms with Crippen molar-refractivity contribution in [1.29, 1.82) is 0 Å². The largest absolute Gasteiger partial charge is 0.437 e. The van der Waals surface area contributed by atoms with Crippen LogP contribution in [0.25, 0.3) is 0 Å². The molecule has 24 heavy (non-hydrogen) atoms. The zero-order valence-corrected chi connectivity index (χ0v) is 14.3. The van der Waals surface area contributed by atoms with E-state index in [4.69, 9.17) is 0 Å². The molecule has 0 bridgehead atoms. The third-order valence-electron chi connectivity index (χ3n) is 3.35. The number of rotatable bonds is 3. The molecule has 0 N–H and O–H groups in total. The predicted octanol–water partition coefficient (Wildman–Crippen LogP) is 6.09. The number of aryl methyl sites for hydroxylation is 1. The highest BCUT2D eigenvalue weighted by Gasteiger charge is 2.75. The maximum atomic E-state index is 14.5. The summed E-state index contributed by atoms with van der Waals surface area (Å²) in [5.74, 6) is 0. The molecule has 0 saturated heterocycles. The number of thiophene rings is 1. The highest BCUT2D eigenvalue weighted by Crippen LogP contribution is 2.54. The SMILES string of the molecule is Cc1cc(Br)nc(C(F)(C(F)(F)F)C(F)(F)F)c1Cc1cccs1. The minimum Gasteiger partial charge on any atom is -0.241 e. The molecule has 10 heteroatoms. The van der Waals surface area contributed by atoms with Crippen molar-refractivity contribution >= 4 is 27.3 Å². The van der Waals surface area contributed by atoms with Crippen LogP contribution in [0.1, 0.15) is 21.7 Å². The summed E-state index contributed by atoms with van der Waals surface area (Å²) in [7, 11) is 0. The topological polar surface area (TPSA) is 12.9 Å². The highest BCUT2D eigenvalue weighted by atomic mass is 79.9. The van der Waals surface area contributed by atoms with Crippen molar-refractivity contribution in [2.45, 2.75) is 31.4 Å². The van der Waals surface area contributed by atoms with Gasteiger partial charge in [0.25, 0.3) is 0 Å². The van der Waals surface area contributed by atoms with Gasteiger partial charge in [0.05, 0.1) is 0 Å². The number of nitrogens with zero attached hydrogens (tertiary/aromatic N) is 1.